The summed E-state index contributed by atoms with van der Waals surface area (Å²) < 4.78 is 10.2. The lowest BCUT2D eigenvalue weighted by atomic mass is 10.3. The minimum atomic E-state index is 0.338. The minimum absolute atomic E-state index is 0.338. The molecule has 0 unspecified atom stereocenters. The monoisotopic (exact) mass is 285 g/mol. The Morgan fingerprint density at radius 1 is 1.40 bits per heavy atom. The van der Waals surface area contributed by atoms with Crippen molar-refractivity contribution in [3.05, 3.63) is 34.4 Å². The number of hydrogen-bond donors (Lipinski definition) is 1. The van der Waals surface area contributed by atoms with Gasteiger partial charge in [-0.1, -0.05) is 16.6 Å². The summed E-state index contributed by atoms with van der Waals surface area (Å²) >= 11 is 4.56. The fourth-order valence-electron chi connectivity index (χ4n) is 1.02. The molecular formula is C9H8BrN3OS. The molecule has 0 bridgehead atoms. The van der Waals surface area contributed by atoms with Crippen LogP contribution in [0, 0.1) is 0 Å². The molecule has 4 nitrogen and oxygen atoms in total. The van der Waals surface area contributed by atoms with E-state index in [0.717, 1.165) is 10.2 Å². The van der Waals surface area contributed by atoms with Gasteiger partial charge in [-0.05, 0) is 28.1 Å². The molecule has 0 saturated heterocycles. The molecule has 0 spiro atoms. The first-order valence-corrected chi connectivity index (χ1v) is 5.78. The number of nitrogen functional groups attached to an aromatic ring is 1. The van der Waals surface area contributed by atoms with Crippen LogP contribution in [0.1, 0.15) is 5.69 Å². The lowest BCUT2D eigenvalue weighted by Crippen LogP contribution is -1.99. The average molecular weight is 286 g/mol. The highest BCUT2D eigenvalue weighted by Crippen LogP contribution is 2.25. The van der Waals surface area contributed by atoms with Gasteiger partial charge >= 0.3 is 0 Å². The molecule has 0 amide bonds. The van der Waals surface area contributed by atoms with Gasteiger partial charge in [-0.15, -0.1) is 5.10 Å². The van der Waals surface area contributed by atoms with E-state index in [1.807, 2.05) is 24.3 Å². The lowest BCUT2D eigenvalue weighted by molar-refractivity contribution is 0.300. The zero-order valence-electron chi connectivity index (χ0n) is 7.68. The number of hydrogen-bond acceptors (Lipinski definition) is 5. The van der Waals surface area contributed by atoms with Crippen molar-refractivity contribution in [2.45, 2.75) is 6.61 Å². The number of nitrogens with two attached hydrogens (primary N) is 1. The summed E-state index contributed by atoms with van der Waals surface area (Å²) in [5, 5.41) is 4.46. The Morgan fingerprint density at radius 2 is 2.20 bits per heavy atom. The number of para-hydroxylation sites is 1. The summed E-state index contributed by atoms with van der Waals surface area (Å²) in [6.07, 6.45) is 0. The summed E-state index contributed by atoms with van der Waals surface area (Å²) in [5.41, 5.74) is 6.32. The van der Waals surface area contributed by atoms with E-state index in [1.54, 1.807) is 0 Å². The van der Waals surface area contributed by atoms with Gasteiger partial charge in [0.1, 0.15) is 23.1 Å². The number of ether oxygens (including phenoxy) is 1. The van der Waals surface area contributed by atoms with Crippen molar-refractivity contribution in [1.29, 1.82) is 0 Å². The third-order valence-electron chi connectivity index (χ3n) is 1.79. The molecular weight excluding hydrogens is 278 g/mol. The van der Waals surface area contributed by atoms with Gasteiger partial charge in [-0.3, -0.25) is 0 Å². The zero-order chi connectivity index (χ0) is 10.7. The number of nitrogens with zero attached hydrogens (tertiary/aromatic N) is 2. The van der Waals surface area contributed by atoms with Crippen LogP contribution in [0.4, 0.5) is 5.00 Å². The molecule has 2 aromatic rings. The highest BCUT2D eigenvalue weighted by Gasteiger charge is 2.06. The Labute approximate surface area is 99.4 Å². The second-order valence-corrected chi connectivity index (χ2v) is 4.44. The van der Waals surface area contributed by atoms with Crippen LogP contribution < -0.4 is 10.5 Å². The van der Waals surface area contributed by atoms with Crippen LogP contribution in [-0.4, -0.2) is 9.59 Å². The number of aromatic nitrogens is 2. The average Bonchev–Trinajstić information content (AvgIpc) is 2.63. The Bertz CT molecular complexity index is 460. The molecule has 0 radical (unpaired) electrons. The van der Waals surface area contributed by atoms with Crippen LogP contribution in [0.15, 0.2) is 28.7 Å². The first kappa shape index (κ1) is 10.4. The topological polar surface area (TPSA) is 61.0 Å². The summed E-state index contributed by atoms with van der Waals surface area (Å²) in [7, 11) is 0. The van der Waals surface area contributed by atoms with E-state index in [1.165, 1.54) is 11.5 Å². The van der Waals surface area contributed by atoms with Crippen molar-refractivity contribution < 1.29 is 4.74 Å². The number of halogens is 1. The molecule has 0 aliphatic carbocycles. The molecule has 1 heterocycles. The zero-order valence-corrected chi connectivity index (χ0v) is 10.1. The maximum Gasteiger partial charge on any atom is 0.136 e. The second-order valence-electron chi connectivity index (χ2n) is 2.80. The first-order valence-electron chi connectivity index (χ1n) is 4.21. The van der Waals surface area contributed by atoms with Gasteiger partial charge in [0.15, 0.2) is 0 Å². The van der Waals surface area contributed by atoms with Crippen LogP contribution >= 0.6 is 27.5 Å². The molecule has 15 heavy (non-hydrogen) atoms. The van der Waals surface area contributed by atoms with E-state index in [4.69, 9.17) is 10.5 Å². The number of benzene rings is 1. The molecule has 1 aromatic heterocycles. The highest BCUT2D eigenvalue weighted by molar-refractivity contribution is 9.10. The normalized spacial score (nSPS) is 10.2. The Kier molecular flexibility index (Phi) is 3.17. The second kappa shape index (κ2) is 4.59. The molecule has 0 aliphatic heterocycles. The molecule has 1 aromatic carbocycles. The van der Waals surface area contributed by atoms with Crippen LogP contribution in [0.5, 0.6) is 5.75 Å². The molecule has 2 N–H and O–H groups in total. The van der Waals surface area contributed by atoms with Crippen LogP contribution in [0.25, 0.3) is 0 Å². The van der Waals surface area contributed by atoms with Gasteiger partial charge < -0.3 is 10.5 Å². The standard InChI is InChI=1S/C9H8BrN3OS/c10-6-3-1-2-4-8(6)14-5-7-9(11)15-13-12-7/h1-4H,5,11H2. The van der Waals surface area contributed by atoms with E-state index in [-0.39, 0.29) is 0 Å². The number of rotatable bonds is 3. The van der Waals surface area contributed by atoms with Crippen molar-refractivity contribution in [2.24, 2.45) is 0 Å². The molecule has 0 saturated carbocycles. The fourth-order valence-corrected chi connectivity index (χ4v) is 1.86. The van der Waals surface area contributed by atoms with Crippen LogP contribution in [-0.2, 0) is 6.61 Å². The van der Waals surface area contributed by atoms with E-state index >= 15 is 0 Å². The van der Waals surface area contributed by atoms with Gasteiger partial charge in [0.05, 0.1) is 4.47 Å². The molecule has 6 heteroatoms. The van der Waals surface area contributed by atoms with Gasteiger partial charge in [-0.25, -0.2) is 0 Å². The fraction of sp³-hybridized carbons (Fsp3) is 0.111. The summed E-state index contributed by atoms with van der Waals surface area (Å²) in [6.45, 7) is 0.338. The van der Waals surface area contributed by atoms with E-state index < -0.39 is 0 Å². The van der Waals surface area contributed by atoms with Gasteiger partial charge in [0.2, 0.25) is 0 Å². The van der Waals surface area contributed by atoms with Gasteiger partial charge in [-0.2, -0.15) is 0 Å². The van der Waals surface area contributed by atoms with Crippen molar-refractivity contribution in [3.63, 3.8) is 0 Å². The van der Waals surface area contributed by atoms with Crippen molar-refractivity contribution in [2.75, 3.05) is 5.73 Å². The largest absolute Gasteiger partial charge is 0.486 e. The smallest absolute Gasteiger partial charge is 0.136 e. The maximum atomic E-state index is 5.64. The van der Waals surface area contributed by atoms with Crippen LogP contribution in [0.2, 0.25) is 0 Å². The molecule has 0 aliphatic rings. The SMILES string of the molecule is Nc1snnc1COc1ccccc1Br. The van der Waals surface area contributed by atoms with Crippen molar-refractivity contribution >= 4 is 32.5 Å². The Balaban J connectivity index is 2.06. The number of anilines is 1. The third kappa shape index (κ3) is 2.45. The molecule has 78 valence electrons. The molecule has 0 fully saturated rings. The highest BCUT2D eigenvalue weighted by atomic mass is 79.9. The maximum absolute atomic E-state index is 5.64. The molecule has 0 atom stereocenters. The van der Waals surface area contributed by atoms with Gasteiger partial charge in [0, 0.05) is 11.5 Å². The molecule has 2 rings (SSSR count). The Morgan fingerprint density at radius 3 is 2.87 bits per heavy atom. The minimum Gasteiger partial charge on any atom is -0.486 e. The summed E-state index contributed by atoms with van der Waals surface area (Å²) in [5.74, 6) is 0.768. The lowest BCUT2D eigenvalue weighted by Gasteiger charge is -2.05. The Hall–Kier alpha value is -1.14. The third-order valence-corrected chi connectivity index (χ3v) is 3.04. The van der Waals surface area contributed by atoms with E-state index in [2.05, 4.69) is 25.5 Å². The summed E-state index contributed by atoms with van der Waals surface area (Å²) in [4.78, 5) is 0. The predicted octanol–water partition coefficient (Wildman–Crippen LogP) is 2.46. The van der Waals surface area contributed by atoms with Crippen LogP contribution in [0.3, 0.4) is 0 Å². The quantitative estimate of drug-likeness (QED) is 0.941. The van der Waals surface area contributed by atoms with E-state index in [0.29, 0.717) is 17.3 Å². The van der Waals surface area contributed by atoms with Crippen molar-refractivity contribution in [3.8, 4) is 5.75 Å². The first-order chi connectivity index (χ1) is 7.27. The predicted molar refractivity (Wildman–Crippen MR) is 62.8 cm³/mol. The van der Waals surface area contributed by atoms with E-state index in [9.17, 15) is 0 Å². The van der Waals surface area contributed by atoms with Gasteiger partial charge in [0.25, 0.3) is 0 Å². The summed E-state index contributed by atoms with van der Waals surface area (Å²) in [6, 6.07) is 7.62. The van der Waals surface area contributed by atoms with Crippen molar-refractivity contribution in [1.82, 2.24) is 9.59 Å².